The lowest BCUT2D eigenvalue weighted by Gasteiger charge is -2.59. The molecule has 5 nitrogen and oxygen atoms in total. The largest absolute Gasteiger partial charge is 0.472 e. The number of carbonyl (C=O) groups excluding carboxylic acids is 2. The van der Waals surface area contributed by atoms with Crippen LogP contribution in [0.5, 0.6) is 0 Å². The van der Waals surface area contributed by atoms with Gasteiger partial charge in [0.05, 0.1) is 25.6 Å². The topological polar surface area (TPSA) is 65.7 Å². The maximum absolute atomic E-state index is 13.2. The smallest absolute Gasteiger partial charge is 0.315 e. The number of fused-ring (bicyclic) bond motifs is 1. The number of allylic oxidation sites excluding steroid dienone is 1. The van der Waals surface area contributed by atoms with Crippen molar-refractivity contribution in [1.29, 1.82) is 0 Å². The lowest BCUT2D eigenvalue weighted by Crippen LogP contribution is -2.60. The molecule has 1 aromatic heterocycles. The fourth-order valence-electron chi connectivity index (χ4n) is 6.22. The Labute approximate surface area is 186 Å². The predicted molar refractivity (Wildman–Crippen MR) is 119 cm³/mol. The molecule has 2 saturated carbocycles. The molecule has 0 radical (unpaired) electrons. The summed E-state index contributed by atoms with van der Waals surface area (Å²) in [5, 5.41) is 0. The van der Waals surface area contributed by atoms with Gasteiger partial charge in [-0.1, -0.05) is 32.9 Å². The number of rotatable bonds is 7. The molecule has 31 heavy (non-hydrogen) atoms. The Morgan fingerprint density at radius 2 is 2.06 bits per heavy atom. The van der Waals surface area contributed by atoms with Crippen LogP contribution in [0.15, 0.2) is 35.2 Å². The van der Waals surface area contributed by atoms with Gasteiger partial charge in [-0.15, -0.1) is 0 Å². The molecule has 1 heterocycles. The molecular weight excluding hydrogens is 392 g/mol. The monoisotopic (exact) mass is 430 g/mol. The summed E-state index contributed by atoms with van der Waals surface area (Å²) < 4.78 is 16.5. The van der Waals surface area contributed by atoms with E-state index in [9.17, 15) is 9.59 Å². The van der Waals surface area contributed by atoms with E-state index in [1.165, 1.54) is 18.2 Å². The minimum atomic E-state index is -0.862. The van der Waals surface area contributed by atoms with Gasteiger partial charge in [0.1, 0.15) is 11.5 Å². The third-order valence-corrected chi connectivity index (χ3v) is 8.38. The number of carbonyl (C=O) groups is 2. The molecule has 0 bridgehead atoms. The van der Waals surface area contributed by atoms with Crippen molar-refractivity contribution in [2.45, 2.75) is 78.7 Å². The number of hydrogen-bond donors (Lipinski definition) is 0. The van der Waals surface area contributed by atoms with E-state index in [-0.39, 0.29) is 29.2 Å². The van der Waals surface area contributed by atoms with Crippen LogP contribution in [0.4, 0.5) is 0 Å². The van der Waals surface area contributed by atoms with Gasteiger partial charge in [-0.3, -0.25) is 9.59 Å². The zero-order chi connectivity index (χ0) is 22.8. The van der Waals surface area contributed by atoms with Gasteiger partial charge in [-0.2, -0.15) is 0 Å². The summed E-state index contributed by atoms with van der Waals surface area (Å²) in [7, 11) is 1.44. The lowest BCUT2D eigenvalue weighted by molar-refractivity contribution is -0.199. The van der Waals surface area contributed by atoms with Gasteiger partial charge < -0.3 is 13.9 Å². The second-order valence-electron chi connectivity index (χ2n) is 10.0. The molecule has 6 atom stereocenters. The summed E-state index contributed by atoms with van der Waals surface area (Å²) in [4.78, 5) is 25.8. The van der Waals surface area contributed by atoms with Crippen molar-refractivity contribution in [1.82, 2.24) is 0 Å². The standard InChI is InChI=1S/C26H38O5/c1-7-17(2)23(27)31-22-12-14-25(4)20(10-9-19-13-15-30-16-19)18(3)8-11-21(25)26(22,5)24(28)29-6/h13,15-17,20-22H,3,7-12,14H2,1-2,4-6H3/t17-,20-,21+,22-,25+,26-/m1/s1. The number of methoxy groups -OCH3 is 1. The molecule has 172 valence electrons. The van der Waals surface area contributed by atoms with Crippen LogP contribution in [0.3, 0.4) is 0 Å². The number of hydrogen-bond acceptors (Lipinski definition) is 5. The van der Waals surface area contributed by atoms with Crippen molar-refractivity contribution >= 4 is 11.9 Å². The molecule has 0 amide bonds. The van der Waals surface area contributed by atoms with E-state index >= 15 is 0 Å². The van der Waals surface area contributed by atoms with Crippen LogP contribution in [-0.2, 0) is 25.5 Å². The molecule has 2 fully saturated rings. The highest BCUT2D eigenvalue weighted by Gasteiger charge is 2.62. The highest BCUT2D eigenvalue weighted by atomic mass is 16.6. The van der Waals surface area contributed by atoms with E-state index in [1.54, 1.807) is 12.5 Å². The summed E-state index contributed by atoms with van der Waals surface area (Å²) in [5.41, 5.74) is 1.50. The normalized spacial score (nSPS) is 34.0. The van der Waals surface area contributed by atoms with Crippen LogP contribution in [0.2, 0.25) is 0 Å². The minimum Gasteiger partial charge on any atom is -0.472 e. The summed E-state index contributed by atoms with van der Waals surface area (Å²) in [6, 6.07) is 2.01. The van der Waals surface area contributed by atoms with Crippen molar-refractivity contribution in [2.75, 3.05) is 7.11 Å². The van der Waals surface area contributed by atoms with Gasteiger partial charge in [0.15, 0.2) is 0 Å². The Bertz CT molecular complexity index is 797. The average molecular weight is 431 g/mol. The molecule has 3 rings (SSSR count). The maximum Gasteiger partial charge on any atom is 0.315 e. The summed E-state index contributed by atoms with van der Waals surface area (Å²) in [5.74, 6) is -0.300. The fourth-order valence-corrected chi connectivity index (χ4v) is 6.22. The number of aryl methyl sites for hydroxylation is 1. The van der Waals surface area contributed by atoms with Crippen LogP contribution in [0, 0.1) is 28.6 Å². The first-order valence-electron chi connectivity index (χ1n) is 11.7. The van der Waals surface area contributed by atoms with Crippen molar-refractivity contribution in [2.24, 2.45) is 28.6 Å². The first-order chi connectivity index (χ1) is 14.7. The molecule has 1 aromatic rings. The quantitative estimate of drug-likeness (QED) is 0.408. The molecule has 2 aliphatic carbocycles. The molecule has 0 saturated heterocycles. The zero-order valence-corrected chi connectivity index (χ0v) is 19.7. The van der Waals surface area contributed by atoms with Gasteiger partial charge in [0.25, 0.3) is 0 Å². The molecule has 0 unspecified atom stereocenters. The van der Waals surface area contributed by atoms with E-state index in [2.05, 4.69) is 13.5 Å². The lowest BCUT2D eigenvalue weighted by atomic mass is 9.46. The highest BCUT2D eigenvalue weighted by Crippen LogP contribution is 2.62. The van der Waals surface area contributed by atoms with Crippen LogP contribution in [0.1, 0.15) is 71.8 Å². The van der Waals surface area contributed by atoms with Gasteiger partial charge in [-0.25, -0.2) is 0 Å². The molecular formula is C26H38O5. The molecule has 0 aromatic carbocycles. The van der Waals surface area contributed by atoms with E-state index in [0.29, 0.717) is 12.3 Å². The molecule has 2 aliphatic rings. The summed E-state index contributed by atoms with van der Waals surface area (Å²) in [6.45, 7) is 12.5. The third kappa shape index (κ3) is 4.20. The Hall–Kier alpha value is -2.04. The van der Waals surface area contributed by atoms with E-state index in [0.717, 1.165) is 38.5 Å². The van der Waals surface area contributed by atoms with Gasteiger partial charge in [-0.05, 0) is 80.8 Å². The molecule has 0 spiro atoms. The Kier molecular flexibility index (Phi) is 7.02. The van der Waals surface area contributed by atoms with Crippen molar-refractivity contribution in [3.8, 4) is 0 Å². The van der Waals surface area contributed by atoms with E-state index in [1.807, 2.05) is 26.8 Å². The third-order valence-electron chi connectivity index (χ3n) is 8.38. The fraction of sp³-hybridized carbons (Fsp3) is 0.692. The average Bonchev–Trinajstić information content (AvgIpc) is 3.27. The zero-order valence-electron chi connectivity index (χ0n) is 19.7. The number of esters is 2. The molecule has 5 heteroatoms. The first kappa shape index (κ1) is 23.6. The second-order valence-corrected chi connectivity index (χ2v) is 10.0. The first-order valence-corrected chi connectivity index (χ1v) is 11.7. The second kappa shape index (κ2) is 9.22. The Morgan fingerprint density at radius 1 is 1.32 bits per heavy atom. The van der Waals surface area contributed by atoms with Crippen molar-refractivity contribution in [3.05, 3.63) is 36.3 Å². The Balaban J connectivity index is 1.90. The van der Waals surface area contributed by atoms with Gasteiger partial charge >= 0.3 is 11.9 Å². The molecule has 0 N–H and O–H groups in total. The van der Waals surface area contributed by atoms with Crippen LogP contribution in [-0.4, -0.2) is 25.2 Å². The van der Waals surface area contributed by atoms with Crippen LogP contribution >= 0.6 is 0 Å². The Morgan fingerprint density at radius 3 is 2.68 bits per heavy atom. The SMILES string of the molecule is C=C1CC[C@H]2[C@@](C)(CC[C@@H](OC(=O)[C@H](C)CC)[C@]2(C)C(=O)OC)[C@@H]1CCc1ccoc1. The highest BCUT2D eigenvalue weighted by molar-refractivity contribution is 5.79. The van der Waals surface area contributed by atoms with Crippen LogP contribution in [0.25, 0.3) is 0 Å². The van der Waals surface area contributed by atoms with E-state index < -0.39 is 11.5 Å². The van der Waals surface area contributed by atoms with Crippen molar-refractivity contribution < 1.29 is 23.5 Å². The maximum atomic E-state index is 13.2. The van der Waals surface area contributed by atoms with Crippen molar-refractivity contribution in [3.63, 3.8) is 0 Å². The summed E-state index contributed by atoms with van der Waals surface area (Å²) >= 11 is 0. The summed E-state index contributed by atoms with van der Waals surface area (Å²) in [6.07, 6.45) is 8.97. The number of furan rings is 1. The van der Waals surface area contributed by atoms with Gasteiger partial charge in [0.2, 0.25) is 0 Å². The van der Waals surface area contributed by atoms with E-state index in [4.69, 9.17) is 13.9 Å². The number of ether oxygens (including phenoxy) is 2. The minimum absolute atomic E-state index is 0.0655. The molecule has 0 aliphatic heterocycles. The van der Waals surface area contributed by atoms with Crippen LogP contribution < -0.4 is 0 Å². The van der Waals surface area contributed by atoms with Gasteiger partial charge in [0, 0.05) is 0 Å². The predicted octanol–water partition coefficient (Wildman–Crippen LogP) is 5.73.